The molecule has 0 saturated heterocycles. The van der Waals surface area contributed by atoms with Gasteiger partial charge in [-0.1, -0.05) is 0 Å². The van der Waals surface area contributed by atoms with Gasteiger partial charge >= 0.3 is 6.03 Å². The van der Waals surface area contributed by atoms with Crippen LogP contribution in [0.1, 0.15) is 5.56 Å². The van der Waals surface area contributed by atoms with Crippen LogP contribution in [-0.2, 0) is 0 Å². The normalized spacial score (nSPS) is 12.8. The summed E-state index contributed by atoms with van der Waals surface area (Å²) in [7, 11) is 0. The van der Waals surface area contributed by atoms with Gasteiger partial charge in [-0.15, -0.1) is 0 Å². The van der Waals surface area contributed by atoms with Crippen LogP contribution in [0.2, 0.25) is 0 Å². The highest BCUT2D eigenvalue weighted by Crippen LogP contribution is 2.37. The van der Waals surface area contributed by atoms with Crippen molar-refractivity contribution in [3.05, 3.63) is 42.0 Å². The summed E-state index contributed by atoms with van der Waals surface area (Å²) in [6.07, 6.45) is 3.09. The maximum absolute atomic E-state index is 14.7. The Labute approximate surface area is 148 Å². The molecule has 3 heterocycles. The SMILES string of the molecule is Cc1c(-c2cc3cc(NC(N)=O)ncc3cc2F)cnc2c1NCCO2. The number of halogens is 1. The second-order valence-electron chi connectivity index (χ2n) is 5.99. The van der Waals surface area contributed by atoms with Gasteiger partial charge in [0.1, 0.15) is 23.9 Å². The molecule has 1 aliphatic heterocycles. The van der Waals surface area contributed by atoms with Crippen molar-refractivity contribution in [2.45, 2.75) is 6.92 Å². The first kappa shape index (κ1) is 16.1. The first-order chi connectivity index (χ1) is 12.5. The third-order valence-electron chi connectivity index (χ3n) is 4.30. The number of nitrogens with zero attached hydrogens (tertiary/aromatic N) is 2. The van der Waals surface area contributed by atoms with E-state index in [-0.39, 0.29) is 5.82 Å². The summed E-state index contributed by atoms with van der Waals surface area (Å²) in [5, 5.41) is 7.01. The molecule has 0 aliphatic carbocycles. The second-order valence-corrected chi connectivity index (χ2v) is 5.99. The number of benzene rings is 1. The van der Waals surface area contributed by atoms with Crippen LogP contribution in [0.3, 0.4) is 0 Å². The van der Waals surface area contributed by atoms with Crippen molar-refractivity contribution in [2.24, 2.45) is 5.73 Å². The predicted octanol–water partition coefficient (Wildman–Crippen LogP) is 3.04. The summed E-state index contributed by atoms with van der Waals surface area (Å²) in [6, 6.07) is 4.05. The van der Waals surface area contributed by atoms with Crippen molar-refractivity contribution in [2.75, 3.05) is 23.8 Å². The average molecular weight is 353 g/mol. The Balaban J connectivity index is 1.85. The maximum atomic E-state index is 14.7. The summed E-state index contributed by atoms with van der Waals surface area (Å²) in [5.41, 5.74) is 7.84. The third kappa shape index (κ3) is 2.75. The number of carbonyl (C=O) groups is 1. The summed E-state index contributed by atoms with van der Waals surface area (Å²) in [5.74, 6) is 0.449. The largest absolute Gasteiger partial charge is 0.474 e. The fourth-order valence-corrected chi connectivity index (χ4v) is 3.06. The molecule has 8 heteroatoms. The number of aromatic nitrogens is 2. The molecule has 1 aromatic carbocycles. The van der Waals surface area contributed by atoms with Gasteiger partial charge in [-0.05, 0) is 36.1 Å². The molecule has 26 heavy (non-hydrogen) atoms. The Morgan fingerprint density at radius 3 is 2.88 bits per heavy atom. The Morgan fingerprint density at radius 1 is 1.23 bits per heavy atom. The van der Waals surface area contributed by atoms with Crippen LogP contribution in [0.5, 0.6) is 5.88 Å². The van der Waals surface area contributed by atoms with Gasteiger partial charge in [-0.25, -0.2) is 19.2 Å². The smallest absolute Gasteiger partial charge is 0.317 e. The predicted molar refractivity (Wildman–Crippen MR) is 96.9 cm³/mol. The number of carbonyl (C=O) groups excluding carboxylic acids is 1. The lowest BCUT2D eigenvalue weighted by atomic mass is 9.98. The fourth-order valence-electron chi connectivity index (χ4n) is 3.06. The zero-order valence-corrected chi connectivity index (χ0v) is 14.0. The van der Waals surface area contributed by atoms with E-state index in [1.165, 1.54) is 12.3 Å². The highest BCUT2D eigenvalue weighted by Gasteiger charge is 2.19. The van der Waals surface area contributed by atoms with E-state index in [1.54, 1.807) is 18.3 Å². The number of anilines is 2. The number of primary amides is 1. The number of hydrogen-bond donors (Lipinski definition) is 3. The lowest BCUT2D eigenvalue weighted by molar-refractivity contribution is 0.259. The first-order valence-electron chi connectivity index (χ1n) is 8.05. The molecule has 4 N–H and O–H groups in total. The van der Waals surface area contributed by atoms with Crippen LogP contribution in [0, 0.1) is 12.7 Å². The molecular weight excluding hydrogens is 337 g/mol. The van der Waals surface area contributed by atoms with Crippen LogP contribution in [0.4, 0.5) is 20.7 Å². The van der Waals surface area contributed by atoms with Gasteiger partial charge < -0.3 is 15.8 Å². The number of nitrogens with two attached hydrogens (primary N) is 1. The Bertz CT molecular complexity index is 1040. The van der Waals surface area contributed by atoms with Crippen LogP contribution in [-0.4, -0.2) is 29.2 Å². The van der Waals surface area contributed by atoms with Crippen LogP contribution >= 0.6 is 0 Å². The zero-order valence-electron chi connectivity index (χ0n) is 14.0. The minimum absolute atomic E-state index is 0.304. The number of rotatable bonds is 2. The van der Waals surface area contributed by atoms with Gasteiger partial charge in [0, 0.05) is 35.5 Å². The summed E-state index contributed by atoms with van der Waals surface area (Å²) < 4.78 is 20.3. The molecule has 4 rings (SSSR count). The molecule has 1 aliphatic rings. The van der Waals surface area contributed by atoms with E-state index in [4.69, 9.17) is 10.5 Å². The van der Waals surface area contributed by atoms with E-state index in [2.05, 4.69) is 20.6 Å². The lowest BCUT2D eigenvalue weighted by Gasteiger charge is -2.21. The highest BCUT2D eigenvalue weighted by molar-refractivity contribution is 5.93. The van der Waals surface area contributed by atoms with E-state index in [0.29, 0.717) is 41.4 Å². The van der Waals surface area contributed by atoms with Crippen molar-refractivity contribution < 1.29 is 13.9 Å². The van der Waals surface area contributed by atoms with Gasteiger partial charge in [0.15, 0.2) is 0 Å². The molecule has 2 aromatic heterocycles. The number of fused-ring (bicyclic) bond motifs is 2. The lowest BCUT2D eigenvalue weighted by Crippen LogP contribution is -2.20. The van der Waals surface area contributed by atoms with Crippen molar-refractivity contribution in [1.29, 1.82) is 0 Å². The molecule has 2 amide bonds. The number of urea groups is 1. The molecule has 3 aromatic rings. The maximum Gasteiger partial charge on any atom is 0.317 e. The van der Waals surface area contributed by atoms with Gasteiger partial charge in [-0.3, -0.25) is 5.32 Å². The van der Waals surface area contributed by atoms with Crippen LogP contribution in [0.15, 0.2) is 30.6 Å². The molecule has 0 saturated carbocycles. The van der Waals surface area contributed by atoms with E-state index < -0.39 is 6.03 Å². The third-order valence-corrected chi connectivity index (χ3v) is 4.30. The Morgan fingerprint density at radius 2 is 2.08 bits per heavy atom. The molecule has 0 unspecified atom stereocenters. The van der Waals surface area contributed by atoms with Gasteiger partial charge in [0.25, 0.3) is 0 Å². The fraction of sp³-hybridized carbons (Fsp3) is 0.167. The van der Waals surface area contributed by atoms with E-state index in [9.17, 15) is 9.18 Å². The Hall–Kier alpha value is -3.42. The number of amides is 2. The van der Waals surface area contributed by atoms with E-state index in [1.807, 2.05) is 6.92 Å². The number of pyridine rings is 2. The minimum atomic E-state index is -0.708. The first-order valence-corrected chi connectivity index (χ1v) is 8.05. The van der Waals surface area contributed by atoms with E-state index in [0.717, 1.165) is 16.6 Å². The summed E-state index contributed by atoms with van der Waals surface area (Å²) in [4.78, 5) is 19.4. The van der Waals surface area contributed by atoms with Crippen molar-refractivity contribution >= 4 is 28.3 Å². The van der Waals surface area contributed by atoms with Crippen molar-refractivity contribution in [3.8, 4) is 17.0 Å². The number of hydrogen-bond acceptors (Lipinski definition) is 5. The van der Waals surface area contributed by atoms with Crippen LogP contribution in [0.25, 0.3) is 21.9 Å². The van der Waals surface area contributed by atoms with Crippen molar-refractivity contribution in [3.63, 3.8) is 0 Å². The quantitative estimate of drug-likeness (QED) is 0.657. The van der Waals surface area contributed by atoms with Gasteiger partial charge in [0.2, 0.25) is 5.88 Å². The van der Waals surface area contributed by atoms with Gasteiger partial charge in [-0.2, -0.15) is 0 Å². The minimum Gasteiger partial charge on any atom is -0.474 e. The standard InChI is InChI=1S/C18H16FN5O2/c1-9-13(8-23-17-16(9)21-2-3-26-17)12-4-10-6-15(24-18(20)25)22-7-11(10)5-14(12)19/h4-8,21H,2-3H2,1H3,(H3,20,22,24,25). The highest BCUT2D eigenvalue weighted by atomic mass is 19.1. The average Bonchev–Trinajstić information content (AvgIpc) is 2.62. The Kier molecular flexibility index (Phi) is 3.80. The number of ether oxygens (including phenoxy) is 1. The van der Waals surface area contributed by atoms with Crippen LogP contribution < -0.4 is 21.1 Å². The monoisotopic (exact) mass is 353 g/mol. The molecule has 132 valence electrons. The van der Waals surface area contributed by atoms with Crippen molar-refractivity contribution in [1.82, 2.24) is 9.97 Å². The molecular formula is C18H16FN5O2. The van der Waals surface area contributed by atoms with E-state index >= 15 is 0 Å². The molecule has 0 spiro atoms. The summed E-state index contributed by atoms with van der Waals surface area (Å²) >= 11 is 0. The topological polar surface area (TPSA) is 102 Å². The molecule has 0 bridgehead atoms. The molecule has 0 atom stereocenters. The molecule has 7 nitrogen and oxygen atoms in total. The molecule has 0 fully saturated rings. The number of nitrogens with one attached hydrogen (secondary N) is 2. The zero-order chi connectivity index (χ0) is 18.3. The van der Waals surface area contributed by atoms with Gasteiger partial charge in [0.05, 0.1) is 0 Å². The molecule has 0 radical (unpaired) electrons. The second kappa shape index (κ2) is 6.14. The summed E-state index contributed by atoms with van der Waals surface area (Å²) in [6.45, 7) is 3.12.